The van der Waals surface area contributed by atoms with E-state index in [1.54, 1.807) is 56.1 Å². The minimum Gasteiger partial charge on any atom is -0.457 e. The molecule has 0 saturated carbocycles. The molecular formula is C35H56N2O10. The standard InChI is InChI=1S/C35H56N2O10/c1-8-27(40)24(4)32-28(45-32)21-34(6,43)14-9-10-22(2)31-23(3)11-12-29(44-25(5)38)35(7,15-13-26(39)20-30(41)46-31)47-33(42)37-18-16-36-17-19-37/h9-12,14,23-24,26-29,31-32,36,39-40,43H,8,13,15-21H2,1-7H3/b12-11-,14-9+,22-10+/t23-,24+,26+,27-,28+,29-,31+,32+,34-,35+/m0/s1. The molecule has 0 radical (unpaired) electrons. The van der Waals surface area contributed by atoms with Crippen molar-refractivity contribution >= 4 is 18.0 Å². The normalized spacial score (nSPS) is 34.2. The zero-order chi connectivity index (χ0) is 34.9. The lowest BCUT2D eigenvalue weighted by atomic mass is 9.88. The summed E-state index contributed by atoms with van der Waals surface area (Å²) in [5.74, 6) is -1.56. The van der Waals surface area contributed by atoms with Crippen molar-refractivity contribution in [1.82, 2.24) is 10.2 Å². The van der Waals surface area contributed by atoms with E-state index in [0.29, 0.717) is 44.6 Å². The SMILES string of the molecule is CC[C@H](O)[C@@H](C)[C@H]1O[C@@H]1C[C@@](C)(O)/C=C/C=C(\C)[C@H]1OC(=O)C[C@H](O)CC[C@@](C)(OC(=O)N2CCNCC2)[C@@H](OC(C)=O)/C=C\[C@@H]1C. The molecule has 0 spiro atoms. The highest BCUT2D eigenvalue weighted by molar-refractivity contribution is 5.71. The predicted molar refractivity (Wildman–Crippen MR) is 175 cm³/mol. The Kier molecular flexibility index (Phi) is 14.0. The Morgan fingerprint density at radius 2 is 1.94 bits per heavy atom. The maximum Gasteiger partial charge on any atom is 0.410 e. The third-order valence-corrected chi connectivity index (χ3v) is 9.33. The molecule has 4 N–H and O–H groups in total. The lowest BCUT2D eigenvalue weighted by molar-refractivity contribution is -0.158. The Morgan fingerprint density at radius 1 is 1.26 bits per heavy atom. The van der Waals surface area contributed by atoms with Crippen molar-refractivity contribution in [2.75, 3.05) is 26.2 Å². The lowest BCUT2D eigenvalue weighted by Gasteiger charge is -2.38. The number of nitrogens with zero attached hydrogens (tertiary/aromatic N) is 1. The number of piperazine rings is 1. The second-order valence-electron chi connectivity index (χ2n) is 13.8. The summed E-state index contributed by atoms with van der Waals surface area (Å²) in [6.45, 7) is 14.4. The summed E-state index contributed by atoms with van der Waals surface area (Å²) in [5, 5.41) is 35.1. The molecule has 0 aromatic carbocycles. The van der Waals surface area contributed by atoms with E-state index in [0.717, 1.165) is 0 Å². The highest BCUT2D eigenvalue weighted by atomic mass is 16.6. The highest BCUT2D eigenvalue weighted by Gasteiger charge is 2.47. The summed E-state index contributed by atoms with van der Waals surface area (Å²) in [5.41, 5.74) is -1.80. The van der Waals surface area contributed by atoms with Crippen LogP contribution in [0.5, 0.6) is 0 Å². The molecule has 2 fully saturated rings. The zero-order valence-electron chi connectivity index (χ0n) is 29.0. The van der Waals surface area contributed by atoms with Gasteiger partial charge in [0.15, 0.2) is 11.7 Å². The number of epoxide rings is 1. The van der Waals surface area contributed by atoms with E-state index >= 15 is 0 Å². The summed E-state index contributed by atoms with van der Waals surface area (Å²) in [6.07, 6.45) is 5.52. The molecular weight excluding hydrogens is 608 g/mol. The zero-order valence-corrected chi connectivity index (χ0v) is 29.0. The number of rotatable bonds is 10. The fourth-order valence-corrected chi connectivity index (χ4v) is 6.19. The molecule has 12 nitrogen and oxygen atoms in total. The predicted octanol–water partition coefficient (Wildman–Crippen LogP) is 3.19. The topological polar surface area (TPSA) is 167 Å². The van der Waals surface area contributed by atoms with Gasteiger partial charge in [0.25, 0.3) is 0 Å². The molecule has 0 bridgehead atoms. The molecule has 1 amide bonds. The maximum absolute atomic E-state index is 13.2. The van der Waals surface area contributed by atoms with Gasteiger partial charge in [-0.05, 0) is 51.7 Å². The first kappa shape index (κ1) is 38.7. The molecule has 0 aromatic rings. The van der Waals surface area contributed by atoms with Crippen molar-refractivity contribution in [3.8, 4) is 0 Å². The first-order valence-corrected chi connectivity index (χ1v) is 16.9. The van der Waals surface area contributed by atoms with Crippen molar-refractivity contribution in [2.45, 2.75) is 128 Å². The minimum absolute atomic E-state index is 0.0201. The number of amides is 1. The van der Waals surface area contributed by atoms with E-state index in [4.69, 9.17) is 18.9 Å². The monoisotopic (exact) mass is 664 g/mol. The number of allylic oxidation sites excluding steroid dienone is 2. The van der Waals surface area contributed by atoms with Gasteiger partial charge in [-0.2, -0.15) is 0 Å². The number of carbonyl (C=O) groups excluding carboxylic acids is 3. The van der Waals surface area contributed by atoms with Crippen LogP contribution >= 0.6 is 0 Å². The molecule has 3 heterocycles. The molecule has 10 atom stereocenters. The lowest BCUT2D eigenvalue weighted by Crippen LogP contribution is -2.52. The first-order valence-electron chi connectivity index (χ1n) is 16.9. The van der Waals surface area contributed by atoms with Gasteiger partial charge in [-0.1, -0.05) is 45.1 Å². The van der Waals surface area contributed by atoms with E-state index in [9.17, 15) is 29.7 Å². The average Bonchev–Trinajstić information content (AvgIpc) is 3.77. The molecule has 12 heteroatoms. The number of aliphatic hydroxyl groups is 3. The van der Waals surface area contributed by atoms with Gasteiger partial charge in [0, 0.05) is 51.4 Å². The highest BCUT2D eigenvalue weighted by Crippen LogP contribution is 2.37. The van der Waals surface area contributed by atoms with Gasteiger partial charge >= 0.3 is 18.0 Å². The number of ether oxygens (including phenoxy) is 4. The van der Waals surface area contributed by atoms with Crippen LogP contribution in [0.2, 0.25) is 0 Å². The second kappa shape index (κ2) is 17.1. The number of nitrogens with one attached hydrogen (secondary N) is 1. The van der Waals surface area contributed by atoms with Crippen molar-refractivity contribution in [1.29, 1.82) is 0 Å². The van der Waals surface area contributed by atoms with E-state index in [1.807, 2.05) is 20.8 Å². The second-order valence-corrected chi connectivity index (χ2v) is 13.8. The summed E-state index contributed by atoms with van der Waals surface area (Å²) in [6, 6.07) is 0. The Bertz CT molecular complexity index is 1160. The van der Waals surface area contributed by atoms with Crippen LogP contribution in [-0.4, -0.2) is 112 Å². The third-order valence-electron chi connectivity index (χ3n) is 9.33. The van der Waals surface area contributed by atoms with E-state index in [1.165, 1.54) is 6.92 Å². The fourth-order valence-electron chi connectivity index (χ4n) is 6.19. The number of esters is 2. The van der Waals surface area contributed by atoms with Gasteiger partial charge in [-0.25, -0.2) is 4.79 Å². The molecule has 47 heavy (non-hydrogen) atoms. The van der Waals surface area contributed by atoms with Crippen molar-refractivity contribution in [3.63, 3.8) is 0 Å². The van der Waals surface area contributed by atoms with Crippen LogP contribution in [0.1, 0.15) is 80.6 Å². The summed E-state index contributed by atoms with van der Waals surface area (Å²) < 4.78 is 23.3. The van der Waals surface area contributed by atoms with Crippen LogP contribution in [0, 0.1) is 11.8 Å². The molecule has 0 unspecified atom stereocenters. The molecule has 266 valence electrons. The number of aliphatic hydroxyl groups excluding tert-OH is 2. The van der Waals surface area contributed by atoms with Crippen LogP contribution < -0.4 is 5.32 Å². The number of cyclic esters (lactones) is 1. The fraction of sp³-hybridized carbons (Fsp3) is 0.743. The minimum atomic E-state index is -1.32. The van der Waals surface area contributed by atoms with Gasteiger partial charge in [-0.15, -0.1) is 0 Å². The first-order chi connectivity index (χ1) is 22.0. The van der Waals surface area contributed by atoms with E-state index < -0.39 is 59.6 Å². The van der Waals surface area contributed by atoms with E-state index in [2.05, 4.69) is 5.32 Å². The van der Waals surface area contributed by atoms with Crippen LogP contribution in [0.4, 0.5) is 4.79 Å². The molecule has 3 rings (SSSR count). The molecule has 0 aromatic heterocycles. The van der Waals surface area contributed by atoms with Crippen LogP contribution in [0.25, 0.3) is 0 Å². The molecule has 3 aliphatic rings. The van der Waals surface area contributed by atoms with Gasteiger partial charge < -0.3 is 44.5 Å². The van der Waals surface area contributed by atoms with Crippen LogP contribution in [0.15, 0.2) is 36.0 Å². The number of hydrogen-bond donors (Lipinski definition) is 4. The summed E-state index contributed by atoms with van der Waals surface area (Å²) in [7, 11) is 0. The van der Waals surface area contributed by atoms with Gasteiger partial charge in [0.2, 0.25) is 0 Å². The molecule has 0 aliphatic carbocycles. The van der Waals surface area contributed by atoms with Crippen molar-refractivity contribution in [2.24, 2.45) is 11.8 Å². The number of hydrogen-bond acceptors (Lipinski definition) is 11. The Morgan fingerprint density at radius 3 is 2.57 bits per heavy atom. The van der Waals surface area contributed by atoms with Crippen LogP contribution in [0.3, 0.4) is 0 Å². The maximum atomic E-state index is 13.2. The smallest absolute Gasteiger partial charge is 0.410 e. The molecule has 2 saturated heterocycles. The van der Waals surface area contributed by atoms with E-state index in [-0.39, 0.29) is 37.4 Å². The quantitative estimate of drug-likeness (QED) is 0.0891. The Hall–Kier alpha value is -2.77. The van der Waals surface area contributed by atoms with Gasteiger partial charge in [0.05, 0.1) is 36.4 Å². The van der Waals surface area contributed by atoms with Crippen LogP contribution in [-0.2, 0) is 28.5 Å². The van der Waals surface area contributed by atoms with Gasteiger partial charge in [0.1, 0.15) is 6.10 Å². The largest absolute Gasteiger partial charge is 0.457 e. The van der Waals surface area contributed by atoms with Crippen molar-refractivity contribution < 1.29 is 48.7 Å². The third kappa shape index (κ3) is 11.7. The molecule has 3 aliphatic heterocycles. The van der Waals surface area contributed by atoms with Crippen molar-refractivity contribution in [3.05, 3.63) is 36.0 Å². The Labute approximate surface area is 279 Å². The van der Waals surface area contributed by atoms with Gasteiger partial charge in [-0.3, -0.25) is 9.59 Å². The number of carbonyl (C=O) groups is 3. The average molecular weight is 665 g/mol. The summed E-state index contributed by atoms with van der Waals surface area (Å²) in [4.78, 5) is 39.9. The Balaban J connectivity index is 1.80. The summed E-state index contributed by atoms with van der Waals surface area (Å²) >= 11 is 0.